The average Bonchev–Trinajstić information content (AvgIpc) is 2.96. The maximum Gasteiger partial charge on any atom is 0.264 e. The Bertz CT molecular complexity index is 1410. The zero-order valence-corrected chi connectivity index (χ0v) is 25.4. The van der Waals surface area contributed by atoms with Crippen molar-refractivity contribution in [3.05, 3.63) is 89.5 Å². The van der Waals surface area contributed by atoms with Crippen LogP contribution in [0.15, 0.2) is 77.7 Å². The molecule has 41 heavy (non-hydrogen) atoms. The van der Waals surface area contributed by atoms with Crippen molar-refractivity contribution in [2.75, 3.05) is 24.0 Å². The lowest BCUT2D eigenvalue weighted by Gasteiger charge is -2.33. The Morgan fingerprint density at radius 3 is 2.15 bits per heavy atom. The number of nitrogens with one attached hydrogen (secondary N) is 1. The lowest BCUT2D eigenvalue weighted by atomic mass is 10.1. The predicted molar refractivity (Wildman–Crippen MR) is 162 cm³/mol. The number of nitrogens with zero attached hydrogens (tertiary/aromatic N) is 2. The van der Waals surface area contributed by atoms with Gasteiger partial charge in [-0.05, 0) is 81.1 Å². The molecular weight excluding hydrogens is 538 g/mol. The molecule has 0 saturated carbocycles. The second kappa shape index (κ2) is 14.7. The number of hydrogen-bond donors (Lipinski definition) is 1. The van der Waals surface area contributed by atoms with Crippen LogP contribution < -0.4 is 14.4 Å². The minimum absolute atomic E-state index is 0.0722. The summed E-state index contributed by atoms with van der Waals surface area (Å²) in [5.74, 6) is -0.142. The van der Waals surface area contributed by atoms with Gasteiger partial charge in [-0.25, -0.2) is 8.42 Å². The zero-order chi connectivity index (χ0) is 30.0. The fourth-order valence-electron chi connectivity index (χ4n) is 4.50. The molecule has 0 aromatic heterocycles. The molecular formula is C32H41N3O5S. The number of benzene rings is 3. The molecule has 0 heterocycles. The van der Waals surface area contributed by atoms with E-state index >= 15 is 0 Å². The molecule has 8 nitrogen and oxygen atoms in total. The zero-order valence-electron chi connectivity index (χ0n) is 24.6. The van der Waals surface area contributed by atoms with Crippen LogP contribution in [-0.2, 0) is 26.2 Å². The Hall–Kier alpha value is -3.85. The van der Waals surface area contributed by atoms with Gasteiger partial charge in [-0.1, -0.05) is 55.8 Å². The fourth-order valence-corrected chi connectivity index (χ4v) is 5.91. The van der Waals surface area contributed by atoms with Gasteiger partial charge >= 0.3 is 0 Å². The molecule has 0 spiro atoms. The van der Waals surface area contributed by atoms with E-state index in [0.717, 1.165) is 27.4 Å². The summed E-state index contributed by atoms with van der Waals surface area (Å²) in [4.78, 5) is 28.9. The Morgan fingerprint density at radius 1 is 0.902 bits per heavy atom. The highest BCUT2D eigenvalue weighted by Crippen LogP contribution is 2.27. The summed E-state index contributed by atoms with van der Waals surface area (Å²) < 4.78 is 34.6. The Kier molecular flexibility index (Phi) is 11.3. The molecule has 220 valence electrons. The molecule has 3 rings (SSSR count). The van der Waals surface area contributed by atoms with E-state index in [1.807, 2.05) is 58.9 Å². The van der Waals surface area contributed by atoms with Gasteiger partial charge < -0.3 is 15.0 Å². The van der Waals surface area contributed by atoms with Gasteiger partial charge in [0, 0.05) is 13.1 Å². The van der Waals surface area contributed by atoms with Gasteiger partial charge in [0.1, 0.15) is 18.3 Å². The van der Waals surface area contributed by atoms with Crippen molar-refractivity contribution in [1.29, 1.82) is 0 Å². The first-order valence-corrected chi connectivity index (χ1v) is 15.5. The topological polar surface area (TPSA) is 96.0 Å². The number of anilines is 1. The van der Waals surface area contributed by atoms with Gasteiger partial charge in [0.25, 0.3) is 10.0 Å². The van der Waals surface area contributed by atoms with E-state index in [-0.39, 0.29) is 17.3 Å². The minimum atomic E-state index is -4.13. The second-order valence-electron chi connectivity index (χ2n) is 9.91. The van der Waals surface area contributed by atoms with Crippen molar-refractivity contribution in [3.63, 3.8) is 0 Å². The first-order chi connectivity index (χ1) is 19.6. The minimum Gasteiger partial charge on any atom is -0.494 e. The molecule has 1 N–H and O–H groups in total. The summed E-state index contributed by atoms with van der Waals surface area (Å²) in [6.07, 6.45) is 1.13. The van der Waals surface area contributed by atoms with Crippen LogP contribution in [0.3, 0.4) is 0 Å². The van der Waals surface area contributed by atoms with Crippen LogP contribution in [0.25, 0.3) is 0 Å². The van der Waals surface area contributed by atoms with Crippen LogP contribution in [0.1, 0.15) is 50.3 Å². The largest absolute Gasteiger partial charge is 0.494 e. The predicted octanol–water partition coefficient (Wildman–Crippen LogP) is 5.23. The van der Waals surface area contributed by atoms with Crippen LogP contribution in [0.5, 0.6) is 5.75 Å². The van der Waals surface area contributed by atoms with Crippen molar-refractivity contribution in [1.82, 2.24) is 10.2 Å². The smallest absolute Gasteiger partial charge is 0.264 e. The molecule has 0 radical (unpaired) electrons. The molecule has 3 aromatic rings. The molecule has 1 atom stereocenters. The normalized spacial score (nSPS) is 11.9. The molecule has 2 amide bonds. The number of carbonyl (C=O) groups excluding carboxylic acids is 2. The van der Waals surface area contributed by atoms with Gasteiger partial charge in [0.05, 0.1) is 17.2 Å². The number of hydrogen-bond acceptors (Lipinski definition) is 5. The molecule has 0 aliphatic carbocycles. The quantitative estimate of drug-likeness (QED) is 0.282. The first-order valence-electron chi connectivity index (χ1n) is 14.1. The van der Waals surface area contributed by atoms with Crippen molar-refractivity contribution in [2.45, 2.75) is 64.9 Å². The number of ether oxygens (including phenoxy) is 1. The van der Waals surface area contributed by atoms with E-state index in [4.69, 9.17) is 4.74 Å². The molecule has 0 aliphatic heterocycles. The molecule has 1 unspecified atom stereocenters. The van der Waals surface area contributed by atoms with E-state index in [9.17, 15) is 18.0 Å². The van der Waals surface area contributed by atoms with E-state index in [1.165, 1.54) is 17.0 Å². The highest BCUT2D eigenvalue weighted by Gasteiger charge is 2.33. The van der Waals surface area contributed by atoms with Gasteiger partial charge in [0.2, 0.25) is 11.8 Å². The van der Waals surface area contributed by atoms with Gasteiger partial charge in [-0.15, -0.1) is 0 Å². The first kappa shape index (κ1) is 31.7. The lowest BCUT2D eigenvalue weighted by molar-refractivity contribution is -0.140. The number of sulfonamides is 1. The summed E-state index contributed by atoms with van der Waals surface area (Å²) in [6.45, 7) is 10.1. The van der Waals surface area contributed by atoms with E-state index in [0.29, 0.717) is 31.0 Å². The van der Waals surface area contributed by atoms with Crippen LogP contribution in [0.4, 0.5) is 5.69 Å². The van der Waals surface area contributed by atoms with E-state index in [2.05, 4.69) is 5.32 Å². The molecule has 9 heteroatoms. The van der Waals surface area contributed by atoms with Gasteiger partial charge in [-0.2, -0.15) is 0 Å². The van der Waals surface area contributed by atoms with Gasteiger partial charge in [-0.3, -0.25) is 13.9 Å². The van der Waals surface area contributed by atoms with Gasteiger partial charge in [0.15, 0.2) is 0 Å². The number of carbonyl (C=O) groups is 2. The fraction of sp³-hybridized carbons (Fsp3) is 0.375. The Balaban J connectivity index is 2.06. The summed E-state index contributed by atoms with van der Waals surface area (Å²) in [5, 5.41) is 2.91. The highest BCUT2D eigenvalue weighted by molar-refractivity contribution is 7.92. The van der Waals surface area contributed by atoms with Crippen LogP contribution in [-0.4, -0.2) is 50.9 Å². The van der Waals surface area contributed by atoms with Crippen molar-refractivity contribution >= 4 is 27.5 Å². The molecule has 0 saturated heterocycles. The summed E-state index contributed by atoms with van der Waals surface area (Å²) >= 11 is 0. The SMILES string of the molecule is CCCNC(=O)C(CC)N(Cc1ccccc1C)C(=O)CN(c1ccc(OCC)cc1)S(=O)(=O)c1ccc(C)cc1. The van der Waals surface area contributed by atoms with Crippen LogP contribution in [0.2, 0.25) is 0 Å². The van der Waals surface area contributed by atoms with E-state index in [1.54, 1.807) is 36.4 Å². The molecule has 0 aliphatic rings. The molecule has 0 bridgehead atoms. The third-order valence-electron chi connectivity index (χ3n) is 6.86. The molecule has 3 aromatic carbocycles. The average molecular weight is 580 g/mol. The Labute approximate surface area is 244 Å². The number of amides is 2. The van der Waals surface area contributed by atoms with Crippen molar-refractivity contribution < 1.29 is 22.7 Å². The van der Waals surface area contributed by atoms with Crippen LogP contribution >= 0.6 is 0 Å². The summed E-state index contributed by atoms with van der Waals surface area (Å²) in [7, 11) is -4.13. The standard InChI is InChI=1S/C32H41N3O5S/c1-6-21-33-32(37)30(7-2)34(22-26-12-10-9-11-25(26)5)31(36)23-35(27-15-17-28(18-16-27)40-8-3)41(38,39)29-19-13-24(4)14-20-29/h9-20,30H,6-8,21-23H2,1-5H3,(H,33,37). The third kappa shape index (κ3) is 8.10. The maximum absolute atomic E-state index is 14.1. The molecule has 0 fully saturated rings. The summed E-state index contributed by atoms with van der Waals surface area (Å²) in [6, 6.07) is 20.0. The lowest BCUT2D eigenvalue weighted by Crippen LogP contribution is -2.52. The number of rotatable bonds is 14. The summed E-state index contributed by atoms with van der Waals surface area (Å²) in [5.41, 5.74) is 3.10. The monoisotopic (exact) mass is 579 g/mol. The third-order valence-corrected chi connectivity index (χ3v) is 8.65. The maximum atomic E-state index is 14.1. The van der Waals surface area contributed by atoms with E-state index < -0.39 is 28.5 Å². The Morgan fingerprint density at radius 2 is 1.56 bits per heavy atom. The van der Waals surface area contributed by atoms with Crippen LogP contribution in [0, 0.1) is 13.8 Å². The highest BCUT2D eigenvalue weighted by atomic mass is 32.2. The van der Waals surface area contributed by atoms with Crippen molar-refractivity contribution in [3.8, 4) is 5.75 Å². The van der Waals surface area contributed by atoms with Crippen molar-refractivity contribution in [2.24, 2.45) is 0 Å². The second-order valence-corrected chi connectivity index (χ2v) is 11.8. The number of aryl methyl sites for hydroxylation is 2.